The standard InChI is InChI=1S/C36H34BrN7O4/c1-21-15-23(7-14-30(21)37)35(46)42-20-32-33(34(45)39-17-24-5-3-4-6-29(24)31-16-25(38)18-40-41-31)44(36(47)43(32)19-22(42)2)26-8-10-27(11-9-26)48-28-12-13-28/h3-11,14-16,18,22,28H,12-13,17,19-20H2,1-2H3,(H2,38,41)(H,39,45). The van der Waals surface area contributed by atoms with Crippen LogP contribution in [0.4, 0.5) is 5.69 Å². The molecule has 0 bridgehead atoms. The van der Waals surface area contributed by atoms with Gasteiger partial charge in [0.05, 0.1) is 41.6 Å². The highest BCUT2D eigenvalue weighted by atomic mass is 79.9. The summed E-state index contributed by atoms with van der Waals surface area (Å²) in [5.41, 5.74) is 10.9. The van der Waals surface area contributed by atoms with Crippen molar-refractivity contribution in [1.82, 2.24) is 29.5 Å². The maximum absolute atomic E-state index is 14.3. The van der Waals surface area contributed by atoms with E-state index < -0.39 is 5.91 Å². The Morgan fingerprint density at radius 2 is 1.83 bits per heavy atom. The number of nitrogens with one attached hydrogen (secondary N) is 1. The van der Waals surface area contributed by atoms with Crippen LogP contribution in [0.25, 0.3) is 16.9 Å². The zero-order chi connectivity index (χ0) is 33.5. The number of imidazole rings is 1. The van der Waals surface area contributed by atoms with E-state index in [9.17, 15) is 14.4 Å². The van der Waals surface area contributed by atoms with Crippen LogP contribution in [-0.4, -0.2) is 48.2 Å². The molecule has 3 heterocycles. The first kappa shape index (κ1) is 31.4. The number of anilines is 1. The van der Waals surface area contributed by atoms with Crippen LogP contribution in [0.1, 0.15) is 57.4 Å². The van der Waals surface area contributed by atoms with Crippen molar-refractivity contribution in [2.45, 2.75) is 58.5 Å². The molecule has 1 aliphatic carbocycles. The molecule has 3 aromatic carbocycles. The van der Waals surface area contributed by atoms with E-state index in [0.717, 1.165) is 34.0 Å². The second-order valence-corrected chi connectivity index (χ2v) is 13.1. The lowest BCUT2D eigenvalue weighted by Gasteiger charge is -2.34. The molecule has 2 amide bonds. The third-order valence-electron chi connectivity index (χ3n) is 8.76. The Morgan fingerprint density at radius 3 is 2.56 bits per heavy atom. The number of benzene rings is 3. The van der Waals surface area contributed by atoms with E-state index in [1.165, 1.54) is 10.8 Å². The summed E-state index contributed by atoms with van der Waals surface area (Å²) in [5.74, 6) is 0.0874. The number of carbonyl (C=O) groups is 2. The van der Waals surface area contributed by atoms with Crippen molar-refractivity contribution in [2.24, 2.45) is 0 Å². The van der Waals surface area contributed by atoms with Crippen LogP contribution in [0.2, 0.25) is 0 Å². The van der Waals surface area contributed by atoms with Gasteiger partial charge in [0.2, 0.25) is 0 Å². The molecule has 1 atom stereocenters. The van der Waals surface area contributed by atoms with E-state index in [4.69, 9.17) is 10.5 Å². The fourth-order valence-corrected chi connectivity index (χ4v) is 6.30. The molecule has 1 aliphatic heterocycles. The van der Waals surface area contributed by atoms with Gasteiger partial charge in [0.25, 0.3) is 11.8 Å². The number of halogens is 1. The molecule has 0 saturated heterocycles. The molecule has 244 valence electrons. The quantitative estimate of drug-likeness (QED) is 0.224. The molecule has 1 saturated carbocycles. The van der Waals surface area contributed by atoms with Crippen LogP contribution in [0.5, 0.6) is 5.75 Å². The number of aryl methyl sites for hydroxylation is 1. The number of hydrogen-bond acceptors (Lipinski definition) is 7. The molecule has 1 fully saturated rings. The SMILES string of the molecule is Cc1cc(C(=O)N2Cc3c(C(=O)NCc4ccccc4-c4cc(N)cnn4)n(-c4ccc(OC5CC5)cc4)c(=O)n3CC2C)ccc1Br. The summed E-state index contributed by atoms with van der Waals surface area (Å²) >= 11 is 3.51. The van der Waals surface area contributed by atoms with Crippen molar-refractivity contribution < 1.29 is 14.3 Å². The number of hydrogen-bond donors (Lipinski definition) is 2. The predicted octanol–water partition coefficient (Wildman–Crippen LogP) is 5.26. The fourth-order valence-electron chi connectivity index (χ4n) is 6.05. The molecule has 5 aromatic rings. The van der Waals surface area contributed by atoms with Crippen molar-refractivity contribution in [3.8, 4) is 22.7 Å². The Labute approximate surface area is 285 Å². The largest absolute Gasteiger partial charge is 0.490 e. The summed E-state index contributed by atoms with van der Waals surface area (Å²) < 4.78 is 9.88. The van der Waals surface area contributed by atoms with Crippen molar-refractivity contribution in [3.05, 3.63) is 122 Å². The lowest BCUT2D eigenvalue weighted by Crippen LogP contribution is -2.47. The van der Waals surface area contributed by atoms with Gasteiger partial charge in [0.1, 0.15) is 11.4 Å². The van der Waals surface area contributed by atoms with Crippen LogP contribution in [-0.2, 0) is 19.6 Å². The van der Waals surface area contributed by atoms with Crippen molar-refractivity contribution in [1.29, 1.82) is 0 Å². The Morgan fingerprint density at radius 1 is 1.06 bits per heavy atom. The van der Waals surface area contributed by atoms with Gasteiger partial charge < -0.3 is 20.7 Å². The second-order valence-electron chi connectivity index (χ2n) is 12.3. The number of nitrogens with two attached hydrogens (primary N) is 1. The average molecular weight is 709 g/mol. The van der Waals surface area contributed by atoms with Crippen LogP contribution >= 0.6 is 15.9 Å². The maximum atomic E-state index is 14.3. The molecule has 1 unspecified atom stereocenters. The van der Waals surface area contributed by atoms with E-state index in [-0.39, 0.29) is 49.1 Å². The zero-order valence-corrected chi connectivity index (χ0v) is 28.1. The topological polar surface area (TPSA) is 137 Å². The number of rotatable bonds is 8. The van der Waals surface area contributed by atoms with Crippen LogP contribution in [0, 0.1) is 6.92 Å². The van der Waals surface area contributed by atoms with Gasteiger partial charge in [-0.25, -0.2) is 4.79 Å². The summed E-state index contributed by atoms with van der Waals surface area (Å²) in [6, 6.07) is 21.6. The normalized spacial score (nSPS) is 15.6. The van der Waals surface area contributed by atoms with Gasteiger partial charge in [-0.1, -0.05) is 40.2 Å². The molecule has 12 heteroatoms. The number of aromatic nitrogens is 4. The molecular weight excluding hydrogens is 674 g/mol. The van der Waals surface area contributed by atoms with Gasteiger partial charge in [-0.05, 0) is 86.3 Å². The van der Waals surface area contributed by atoms with Gasteiger partial charge in [0.15, 0.2) is 0 Å². The second kappa shape index (κ2) is 12.8. The molecule has 2 aromatic heterocycles. The highest BCUT2D eigenvalue weighted by molar-refractivity contribution is 9.10. The molecule has 48 heavy (non-hydrogen) atoms. The van der Waals surface area contributed by atoms with Crippen LogP contribution < -0.4 is 21.5 Å². The van der Waals surface area contributed by atoms with E-state index in [1.807, 2.05) is 62.4 Å². The molecule has 0 spiro atoms. The minimum Gasteiger partial charge on any atom is -0.490 e. The smallest absolute Gasteiger partial charge is 0.333 e. The minimum absolute atomic E-state index is 0.0818. The van der Waals surface area contributed by atoms with Crippen LogP contribution in [0.3, 0.4) is 0 Å². The number of ether oxygens (including phenoxy) is 1. The summed E-state index contributed by atoms with van der Waals surface area (Å²) in [4.78, 5) is 43.9. The van der Waals surface area contributed by atoms with E-state index in [1.54, 1.807) is 33.7 Å². The first-order valence-electron chi connectivity index (χ1n) is 15.8. The van der Waals surface area contributed by atoms with Gasteiger partial charge in [-0.2, -0.15) is 10.2 Å². The van der Waals surface area contributed by atoms with Gasteiger partial charge in [-0.15, -0.1) is 0 Å². The van der Waals surface area contributed by atoms with E-state index >= 15 is 0 Å². The monoisotopic (exact) mass is 707 g/mol. The summed E-state index contributed by atoms with van der Waals surface area (Å²) in [5, 5.41) is 11.2. The fraction of sp³-hybridized carbons (Fsp3) is 0.250. The Hall–Kier alpha value is -5.23. The molecule has 3 N–H and O–H groups in total. The number of carbonyl (C=O) groups excluding carboxylic acids is 2. The van der Waals surface area contributed by atoms with Gasteiger partial charge in [0, 0.05) is 34.7 Å². The van der Waals surface area contributed by atoms with Crippen LogP contribution in [0.15, 0.2) is 88.3 Å². The number of amides is 2. The van der Waals surface area contributed by atoms with Crippen molar-refractivity contribution >= 4 is 33.4 Å². The van der Waals surface area contributed by atoms with E-state index in [2.05, 4.69) is 31.4 Å². The first-order valence-corrected chi connectivity index (χ1v) is 16.6. The molecular formula is C36H34BrN7O4. The summed E-state index contributed by atoms with van der Waals surface area (Å²) in [7, 11) is 0. The summed E-state index contributed by atoms with van der Waals surface area (Å²) in [6.07, 6.45) is 3.75. The van der Waals surface area contributed by atoms with Crippen molar-refractivity contribution in [2.75, 3.05) is 5.73 Å². The third-order valence-corrected chi connectivity index (χ3v) is 9.64. The maximum Gasteiger partial charge on any atom is 0.333 e. The average Bonchev–Trinajstić information content (AvgIpc) is 3.86. The Balaban J connectivity index is 1.26. The molecule has 2 aliphatic rings. The highest BCUT2D eigenvalue weighted by Gasteiger charge is 2.35. The van der Waals surface area contributed by atoms with Gasteiger partial charge >= 0.3 is 5.69 Å². The third kappa shape index (κ3) is 6.11. The van der Waals surface area contributed by atoms with Crippen molar-refractivity contribution in [3.63, 3.8) is 0 Å². The highest BCUT2D eigenvalue weighted by Crippen LogP contribution is 2.29. The number of fused-ring (bicyclic) bond motifs is 1. The molecule has 0 radical (unpaired) electrons. The first-order chi connectivity index (χ1) is 23.2. The Bertz CT molecular complexity index is 2100. The van der Waals surface area contributed by atoms with Gasteiger partial charge in [-0.3, -0.25) is 18.7 Å². The zero-order valence-electron chi connectivity index (χ0n) is 26.5. The predicted molar refractivity (Wildman–Crippen MR) is 185 cm³/mol. The van der Waals surface area contributed by atoms with E-state index in [0.29, 0.717) is 34.1 Å². The number of nitrogens with zero attached hydrogens (tertiary/aromatic N) is 5. The lowest BCUT2D eigenvalue weighted by atomic mass is 10.0. The Kier molecular flexibility index (Phi) is 8.34. The molecule has 7 rings (SSSR count). The minimum atomic E-state index is -0.450. The summed E-state index contributed by atoms with van der Waals surface area (Å²) in [6.45, 7) is 4.31. The number of nitrogen functional groups attached to an aromatic ring is 1. The molecule has 11 nitrogen and oxygen atoms in total. The lowest BCUT2D eigenvalue weighted by molar-refractivity contribution is 0.0610.